The lowest BCUT2D eigenvalue weighted by atomic mass is 10.1. The topological polar surface area (TPSA) is 86.5 Å². The number of carbonyl (C=O) groups excluding carboxylic acids is 1. The minimum atomic E-state index is -3.94. The molecule has 5 nitrogen and oxygen atoms in total. The van der Waals surface area contributed by atoms with Crippen molar-refractivity contribution >= 4 is 27.6 Å². The molecule has 1 aromatic carbocycles. The number of hydrogen-bond acceptors (Lipinski definition) is 4. The van der Waals surface area contributed by atoms with Crippen LogP contribution < -0.4 is 5.14 Å². The molecule has 0 heterocycles. The minimum Gasteiger partial charge on any atom is -0.462 e. The van der Waals surface area contributed by atoms with Crippen LogP contribution in [0.2, 0.25) is 5.02 Å². The van der Waals surface area contributed by atoms with E-state index in [0.717, 1.165) is 6.42 Å². The first-order valence-corrected chi connectivity index (χ1v) is 8.05. The Kier molecular flexibility index (Phi) is 5.56. The molecule has 2 N–H and O–H groups in total. The third-order valence-corrected chi connectivity index (χ3v) is 4.03. The number of benzene rings is 1. The van der Waals surface area contributed by atoms with Crippen LogP contribution in [0.3, 0.4) is 0 Å². The van der Waals surface area contributed by atoms with E-state index in [4.69, 9.17) is 21.5 Å². The number of halogens is 1. The molecule has 0 amide bonds. The fraction of sp³-hybridized carbons (Fsp3) is 0.462. The average Bonchev–Trinajstić information content (AvgIpc) is 2.29. The highest BCUT2D eigenvalue weighted by molar-refractivity contribution is 7.89. The first-order valence-electron chi connectivity index (χ1n) is 6.13. The van der Waals surface area contributed by atoms with Gasteiger partial charge in [0.2, 0.25) is 10.0 Å². The lowest BCUT2D eigenvalue weighted by Crippen LogP contribution is -2.17. The smallest absolute Gasteiger partial charge is 0.338 e. The lowest BCUT2D eigenvalue weighted by molar-refractivity contribution is 0.0487. The van der Waals surface area contributed by atoms with Crippen LogP contribution in [0.25, 0.3) is 0 Å². The van der Waals surface area contributed by atoms with E-state index in [0.29, 0.717) is 5.92 Å². The van der Waals surface area contributed by atoms with Crippen molar-refractivity contribution in [3.63, 3.8) is 0 Å². The van der Waals surface area contributed by atoms with Gasteiger partial charge in [-0.2, -0.15) is 0 Å². The van der Waals surface area contributed by atoms with E-state index in [2.05, 4.69) is 0 Å². The summed E-state index contributed by atoms with van der Waals surface area (Å²) in [6.45, 7) is 5.79. The SMILES string of the molecule is Cc1c(C(=O)OCCC(C)C)cc(Cl)cc1S(N)(=O)=O. The van der Waals surface area contributed by atoms with Gasteiger partial charge in [0.05, 0.1) is 17.1 Å². The summed E-state index contributed by atoms with van der Waals surface area (Å²) in [5.41, 5.74) is 0.358. The molecular formula is C13H18ClNO4S. The van der Waals surface area contributed by atoms with Gasteiger partial charge in [0, 0.05) is 5.02 Å². The molecule has 1 aromatic rings. The number of hydrogen-bond donors (Lipinski definition) is 1. The second kappa shape index (κ2) is 6.56. The Morgan fingerprint density at radius 2 is 2.00 bits per heavy atom. The summed E-state index contributed by atoms with van der Waals surface area (Å²) in [4.78, 5) is 11.8. The molecule has 0 bridgehead atoms. The molecule has 0 unspecified atom stereocenters. The van der Waals surface area contributed by atoms with Crippen LogP contribution in [0.5, 0.6) is 0 Å². The maximum atomic E-state index is 12.0. The highest BCUT2D eigenvalue weighted by Crippen LogP contribution is 2.24. The molecule has 0 saturated carbocycles. The highest BCUT2D eigenvalue weighted by Gasteiger charge is 2.20. The molecule has 0 aromatic heterocycles. The van der Waals surface area contributed by atoms with Crippen LogP contribution in [0.15, 0.2) is 17.0 Å². The van der Waals surface area contributed by atoms with Crippen LogP contribution in [0.1, 0.15) is 36.2 Å². The molecule has 0 saturated heterocycles. The van der Waals surface area contributed by atoms with Gasteiger partial charge >= 0.3 is 5.97 Å². The van der Waals surface area contributed by atoms with Gasteiger partial charge in [-0.1, -0.05) is 25.4 Å². The van der Waals surface area contributed by atoms with Crippen molar-refractivity contribution in [3.05, 3.63) is 28.3 Å². The van der Waals surface area contributed by atoms with Crippen molar-refractivity contribution in [2.45, 2.75) is 32.1 Å². The average molecular weight is 320 g/mol. The van der Waals surface area contributed by atoms with Gasteiger partial charge in [-0.3, -0.25) is 0 Å². The van der Waals surface area contributed by atoms with Gasteiger partial charge in [0.25, 0.3) is 0 Å². The molecule has 0 aliphatic heterocycles. The number of esters is 1. The molecule has 7 heteroatoms. The zero-order valence-corrected chi connectivity index (χ0v) is 13.2. The predicted octanol–water partition coefficient (Wildman–Crippen LogP) is 2.50. The second-order valence-corrected chi connectivity index (χ2v) is 6.91. The molecule has 0 aliphatic rings. The van der Waals surface area contributed by atoms with Crippen molar-refractivity contribution < 1.29 is 17.9 Å². The Balaban J connectivity index is 3.07. The number of rotatable bonds is 5. The van der Waals surface area contributed by atoms with Gasteiger partial charge in [-0.15, -0.1) is 0 Å². The minimum absolute atomic E-state index is 0.116. The third-order valence-electron chi connectivity index (χ3n) is 2.78. The third kappa shape index (κ3) is 4.47. The Morgan fingerprint density at radius 1 is 1.40 bits per heavy atom. The van der Waals surface area contributed by atoms with Gasteiger partial charge < -0.3 is 4.74 Å². The predicted molar refractivity (Wildman–Crippen MR) is 77.3 cm³/mol. The summed E-state index contributed by atoms with van der Waals surface area (Å²) in [6, 6.07) is 2.60. The Morgan fingerprint density at radius 3 is 2.50 bits per heavy atom. The summed E-state index contributed by atoms with van der Waals surface area (Å²) in [5.74, 6) is -0.196. The summed E-state index contributed by atoms with van der Waals surface area (Å²) < 4.78 is 28.0. The van der Waals surface area contributed by atoms with Crippen LogP contribution in [0, 0.1) is 12.8 Å². The highest BCUT2D eigenvalue weighted by atomic mass is 35.5. The van der Waals surface area contributed by atoms with E-state index >= 15 is 0 Å². The van der Waals surface area contributed by atoms with Crippen LogP contribution in [-0.4, -0.2) is 21.0 Å². The first kappa shape index (κ1) is 16.9. The van der Waals surface area contributed by atoms with Crippen molar-refractivity contribution in [3.8, 4) is 0 Å². The largest absolute Gasteiger partial charge is 0.462 e. The fourth-order valence-electron chi connectivity index (χ4n) is 1.63. The molecule has 0 radical (unpaired) electrons. The number of carbonyl (C=O) groups is 1. The van der Waals surface area contributed by atoms with Crippen LogP contribution >= 0.6 is 11.6 Å². The van der Waals surface area contributed by atoms with E-state index in [1.165, 1.54) is 19.1 Å². The van der Waals surface area contributed by atoms with Crippen molar-refractivity contribution in [2.24, 2.45) is 11.1 Å². The molecule has 0 fully saturated rings. The van der Waals surface area contributed by atoms with E-state index in [1.807, 2.05) is 13.8 Å². The zero-order chi connectivity index (χ0) is 15.5. The molecule has 0 aliphatic carbocycles. The standard InChI is InChI=1S/C13H18ClNO4S/c1-8(2)4-5-19-13(16)11-6-10(14)7-12(9(11)3)20(15,17)18/h6-8H,4-5H2,1-3H3,(H2,15,17,18). The van der Waals surface area contributed by atoms with Crippen molar-refractivity contribution in [1.29, 1.82) is 0 Å². The van der Waals surface area contributed by atoms with Gasteiger partial charge in [-0.05, 0) is 37.0 Å². The monoisotopic (exact) mass is 319 g/mol. The number of nitrogens with two attached hydrogens (primary N) is 1. The molecule has 0 spiro atoms. The number of ether oxygens (including phenoxy) is 1. The Labute approximate surface area is 124 Å². The van der Waals surface area contributed by atoms with E-state index in [1.54, 1.807) is 0 Å². The molecule has 112 valence electrons. The van der Waals surface area contributed by atoms with Gasteiger partial charge in [-0.25, -0.2) is 18.4 Å². The summed E-state index contributed by atoms with van der Waals surface area (Å²) in [7, 11) is -3.94. The quantitative estimate of drug-likeness (QED) is 0.845. The van der Waals surface area contributed by atoms with E-state index < -0.39 is 16.0 Å². The molecular weight excluding hydrogens is 302 g/mol. The maximum absolute atomic E-state index is 12.0. The van der Waals surface area contributed by atoms with E-state index in [9.17, 15) is 13.2 Å². The number of primary sulfonamides is 1. The van der Waals surface area contributed by atoms with Crippen molar-refractivity contribution in [1.82, 2.24) is 0 Å². The molecule has 0 atom stereocenters. The Bertz CT molecular complexity index is 611. The van der Waals surface area contributed by atoms with Gasteiger partial charge in [0.1, 0.15) is 0 Å². The summed E-state index contributed by atoms with van der Waals surface area (Å²) in [5, 5.41) is 5.22. The molecule has 1 rings (SSSR count). The summed E-state index contributed by atoms with van der Waals surface area (Å²) in [6.07, 6.45) is 0.730. The van der Waals surface area contributed by atoms with Crippen LogP contribution in [-0.2, 0) is 14.8 Å². The van der Waals surface area contributed by atoms with Crippen molar-refractivity contribution in [2.75, 3.05) is 6.61 Å². The second-order valence-electron chi connectivity index (χ2n) is 4.94. The van der Waals surface area contributed by atoms with Crippen LogP contribution in [0.4, 0.5) is 0 Å². The fourth-order valence-corrected chi connectivity index (χ4v) is 2.74. The lowest BCUT2D eigenvalue weighted by Gasteiger charge is -2.11. The zero-order valence-electron chi connectivity index (χ0n) is 11.6. The Hall–Kier alpha value is -1.11. The maximum Gasteiger partial charge on any atom is 0.338 e. The number of sulfonamides is 1. The first-order chi connectivity index (χ1) is 9.12. The summed E-state index contributed by atoms with van der Waals surface area (Å²) >= 11 is 5.83. The van der Waals surface area contributed by atoms with E-state index in [-0.39, 0.29) is 27.7 Å². The normalized spacial score (nSPS) is 11.7. The van der Waals surface area contributed by atoms with Gasteiger partial charge in [0.15, 0.2) is 0 Å². The molecule has 20 heavy (non-hydrogen) atoms.